The van der Waals surface area contributed by atoms with E-state index in [0.29, 0.717) is 30.0 Å². The van der Waals surface area contributed by atoms with Crippen LogP contribution < -0.4 is 14.5 Å². The topological polar surface area (TPSA) is 130 Å². The maximum absolute atomic E-state index is 13.4. The number of ether oxygens (including phenoxy) is 2. The largest absolute Gasteiger partial charge is 0.497 e. The molecule has 11 heteroatoms. The number of β-lactam (4-membered cyclic amide) rings is 1. The van der Waals surface area contributed by atoms with E-state index in [-0.39, 0.29) is 18.8 Å². The third kappa shape index (κ3) is 6.15. The van der Waals surface area contributed by atoms with Crippen molar-refractivity contribution in [2.75, 3.05) is 23.5 Å². The Kier molecular flexibility index (Phi) is 8.08. The lowest BCUT2D eigenvalue weighted by Crippen LogP contribution is -2.69. The molecule has 2 atom stereocenters. The maximum Gasteiger partial charge on any atom is 0.416 e. The lowest BCUT2D eigenvalue weighted by molar-refractivity contribution is -0.165. The molecule has 0 bridgehead atoms. The smallest absolute Gasteiger partial charge is 0.416 e. The molecule has 1 saturated heterocycles. The summed E-state index contributed by atoms with van der Waals surface area (Å²) >= 11 is 0. The van der Waals surface area contributed by atoms with Crippen molar-refractivity contribution in [2.24, 2.45) is 5.92 Å². The molecule has 3 aromatic rings. The molecule has 43 heavy (non-hydrogen) atoms. The van der Waals surface area contributed by atoms with Crippen LogP contribution in [0.1, 0.15) is 37.5 Å². The molecule has 0 aliphatic carbocycles. The number of pyridine rings is 1. The quantitative estimate of drug-likeness (QED) is 0.396. The van der Waals surface area contributed by atoms with Gasteiger partial charge >= 0.3 is 18.1 Å². The first-order valence-corrected chi connectivity index (χ1v) is 14.0. The van der Waals surface area contributed by atoms with Gasteiger partial charge in [0.05, 0.1) is 19.6 Å². The summed E-state index contributed by atoms with van der Waals surface area (Å²) in [6, 6.07) is 16.0. The summed E-state index contributed by atoms with van der Waals surface area (Å²) < 4.78 is 10.9. The first kappa shape index (κ1) is 29.6. The van der Waals surface area contributed by atoms with Gasteiger partial charge in [-0.1, -0.05) is 30.3 Å². The number of imide groups is 1. The van der Waals surface area contributed by atoms with Gasteiger partial charge in [0, 0.05) is 18.4 Å². The number of aliphatic carboxylic acids is 1. The highest BCUT2D eigenvalue weighted by atomic mass is 16.6. The minimum atomic E-state index is -1.31. The molecule has 4 amide bonds. The Labute approximate surface area is 249 Å². The fraction of sp³-hybridized carbons (Fsp3) is 0.344. The number of likely N-dealkylation sites (tertiary alicyclic amines) is 1. The SMILES string of the molecule is COc1ccc(CN(C(=O)OC(C)(C)C)c2cc(C[C@H]3C(=O)N(C(=O)N4CCc5ccccc54)[C@@H]3C(=O)O)ccn2)cc1. The van der Waals surface area contributed by atoms with Gasteiger partial charge in [-0.25, -0.2) is 24.3 Å². The standard InChI is InChI=1S/C32H34N4O7/c1-32(2,3)43-31(41)35(19-20-9-11-23(42-4)12-10-20)26-18-21(13-15-33-26)17-24-27(29(38)39)36(28(24)37)30(40)34-16-14-22-7-5-6-8-25(22)34/h5-13,15,18,24,27H,14,16-17,19H2,1-4H3,(H,38,39)/t24-,27+/m1/s1. The maximum atomic E-state index is 13.4. The van der Waals surface area contributed by atoms with Crippen LogP contribution in [0.5, 0.6) is 5.75 Å². The number of hydrogen-bond donors (Lipinski definition) is 1. The number of urea groups is 1. The fourth-order valence-corrected chi connectivity index (χ4v) is 5.37. The van der Waals surface area contributed by atoms with E-state index < -0.39 is 41.6 Å². The van der Waals surface area contributed by atoms with Crippen LogP contribution in [0, 0.1) is 5.92 Å². The van der Waals surface area contributed by atoms with Crippen LogP contribution in [0.3, 0.4) is 0 Å². The highest BCUT2D eigenvalue weighted by molar-refractivity contribution is 6.12. The molecule has 0 saturated carbocycles. The van der Waals surface area contributed by atoms with Crippen molar-refractivity contribution >= 4 is 35.5 Å². The zero-order valence-corrected chi connectivity index (χ0v) is 24.5. The molecule has 0 spiro atoms. The fourth-order valence-electron chi connectivity index (χ4n) is 5.37. The van der Waals surface area contributed by atoms with Crippen molar-refractivity contribution in [3.05, 3.63) is 83.6 Å². The first-order chi connectivity index (χ1) is 20.5. The van der Waals surface area contributed by atoms with E-state index >= 15 is 0 Å². The zero-order valence-electron chi connectivity index (χ0n) is 24.5. The van der Waals surface area contributed by atoms with Crippen LogP contribution in [-0.4, -0.2) is 64.3 Å². The van der Waals surface area contributed by atoms with Gasteiger partial charge in [0.2, 0.25) is 5.91 Å². The summed E-state index contributed by atoms with van der Waals surface area (Å²) in [6.45, 7) is 5.82. The molecule has 2 aliphatic rings. The lowest BCUT2D eigenvalue weighted by atomic mass is 9.82. The van der Waals surface area contributed by atoms with Crippen molar-refractivity contribution in [1.29, 1.82) is 0 Å². The van der Waals surface area contributed by atoms with E-state index in [2.05, 4.69) is 4.98 Å². The molecular weight excluding hydrogens is 552 g/mol. The normalized spacial score (nSPS) is 17.6. The summed E-state index contributed by atoms with van der Waals surface area (Å²) in [5.74, 6) is -1.81. The van der Waals surface area contributed by atoms with Crippen LogP contribution in [0.4, 0.5) is 21.1 Å². The molecule has 2 aliphatic heterocycles. The Morgan fingerprint density at radius 1 is 1.05 bits per heavy atom. The van der Waals surface area contributed by atoms with E-state index in [0.717, 1.165) is 16.0 Å². The third-order valence-electron chi connectivity index (χ3n) is 7.45. The van der Waals surface area contributed by atoms with E-state index in [1.54, 1.807) is 64.3 Å². The number of methoxy groups -OCH3 is 1. The molecule has 224 valence electrons. The molecule has 1 fully saturated rings. The molecular formula is C32H34N4O7. The number of carbonyl (C=O) groups excluding carboxylic acids is 3. The Morgan fingerprint density at radius 3 is 2.44 bits per heavy atom. The van der Waals surface area contributed by atoms with E-state index in [9.17, 15) is 24.3 Å². The number of amides is 4. The Morgan fingerprint density at radius 2 is 1.77 bits per heavy atom. The number of anilines is 2. The number of rotatable bonds is 7. The third-order valence-corrected chi connectivity index (χ3v) is 7.45. The number of benzene rings is 2. The van der Waals surface area contributed by atoms with Gasteiger partial charge < -0.3 is 14.6 Å². The van der Waals surface area contributed by atoms with Crippen LogP contribution in [0.15, 0.2) is 66.9 Å². The van der Waals surface area contributed by atoms with Gasteiger partial charge in [-0.15, -0.1) is 0 Å². The number of carbonyl (C=O) groups is 4. The number of para-hydroxylation sites is 1. The first-order valence-electron chi connectivity index (χ1n) is 14.0. The molecule has 3 heterocycles. The van der Waals surface area contributed by atoms with Crippen LogP contribution >= 0.6 is 0 Å². The average molecular weight is 587 g/mol. The highest BCUT2D eigenvalue weighted by Gasteiger charge is 2.56. The minimum Gasteiger partial charge on any atom is -0.497 e. The van der Waals surface area contributed by atoms with Gasteiger partial charge in [-0.05, 0) is 80.6 Å². The van der Waals surface area contributed by atoms with E-state index in [1.165, 1.54) is 16.0 Å². The second-order valence-electron chi connectivity index (χ2n) is 11.6. The summed E-state index contributed by atoms with van der Waals surface area (Å²) in [5, 5.41) is 10.0. The molecule has 0 unspecified atom stereocenters. The number of carboxylic acid groups (broad SMARTS) is 1. The summed E-state index contributed by atoms with van der Waals surface area (Å²) in [7, 11) is 1.57. The molecule has 0 radical (unpaired) electrons. The number of fused-ring (bicyclic) bond motifs is 1. The molecule has 1 N–H and O–H groups in total. The summed E-state index contributed by atoms with van der Waals surface area (Å²) in [5.41, 5.74) is 2.30. The number of carboxylic acids is 1. The van der Waals surface area contributed by atoms with Crippen LogP contribution in [-0.2, 0) is 33.7 Å². The number of hydrogen-bond acceptors (Lipinski definition) is 7. The average Bonchev–Trinajstić information content (AvgIpc) is 3.40. The number of nitrogens with zero attached hydrogens (tertiary/aromatic N) is 4. The van der Waals surface area contributed by atoms with Crippen molar-refractivity contribution in [3.8, 4) is 5.75 Å². The number of aromatic nitrogens is 1. The van der Waals surface area contributed by atoms with Crippen LogP contribution in [0.25, 0.3) is 0 Å². The predicted octanol–water partition coefficient (Wildman–Crippen LogP) is 4.67. The molecule has 1 aromatic heterocycles. The predicted molar refractivity (Wildman–Crippen MR) is 158 cm³/mol. The second kappa shape index (κ2) is 11.7. The van der Waals surface area contributed by atoms with Crippen molar-refractivity contribution < 1.29 is 33.8 Å². The zero-order chi connectivity index (χ0) is 30.9. The minimum absolute atomic E-state index is 0.0520. The van der Waals surface area contributed by atoms with Gasteiger partial charge in [-0.2, -0.15) is 0 Å². The van der Waals surface area contributed by atoms with Crippen molar-refractivity contribution in [2.45, 2.75) is 51.8 Å². The Hall–Kier alpha value is -4.93. The van der Waals surface area contributed by atoms with E-state index in [1.807, 2.05) is 24.3 Å². The molecule has 5 rings (SSSR count). The van der Waals surface area contributed by atoms with Crippen LogP contribution in [0.2, 0.25) is 0 Å². The van der Waals surface area contributed by atoms with E-state index in [4.69, 9.17) is 9.47 Å². The van der Waals surface area contributed by atoms with Crippen molar-refractivity contribution in [1.82, 2.24) is 9.88 Å². The monoisotopic (exact) mass is 586 g/mol. The van der Waals surface area contributed by atoms with Gasteiger partial charge in [-0.3, -0.25) is 14.6 Å². The Bertz CT molecular complexity index is 1550. The highest BCUT2D eigenvalue weighted by Crippen LogP contribution is 2.36. The van der Waals surface area contributed by atoms with Gasteiger partial charge in [0.25, 0.3) is 0 Å². The molecule has 11 nitrogen and oxygen atoms in total. The second-order valence-corrected chi connectivity index (χ2v) is 11.6. The lowest BCUT2D eigenvalue weighted by Gasteiger charge is -2.44. The van der Waals surface area contributed by atoms with Gasteiger partial charge in [0.1, 0.15) is 17.2 Å². The summed E-state index contributed by atoms with van der Waals surface area (Å²) in [6.07, 6.45) is 1.57. The van der Waals surface area contributed by atoms with Crippen molar-refractivity contribution in [3.63, 3.8) is 0 Å². The molecule has 2 aromatic carbocycles. The van der Waals surface area contributed by atoms with Gasteiger partial charge in [0.15, 0.2) is 6.04 Å². The Balaban J connectivity index is 1.36. The summed E-state index contributed by atoms with van der Waals surface area (Å²) in [4.78, 5) is 60.3.